The van der Waals surface area contributed by atoms with Gasteiger partial charge in [-0.2, -0.15) is 0 Å². The summed E-state index contributed by atoms with van der Waals surface area (Å²) in [6.07, 6.45) is 4.47. The SMILES string of the molecule is COC(=O)C1(C(=O)N(C)CCc2cc[nH]c2)COC1. The first kappa shape index (κ1) is 13.6. The van der Waals surface area contributed by atoms with Crippen LogP contribution >= 0.6 is 0 Å². The Bertz CT molecular complexity index is 451. The van der Waals surface area contributed by atoms with Gasteiger partial charge in [-0.15, -0.1) is 0 Å². The summed E-state index contributed by atoms with van der Waals surface area (Å²) in [5, 5.41) is 0. The Morgan fingerprint density at radius 1 is 1.53 bits per heavy atom. The van der Waals surface area contributed by atoms with E-state index in [-0.39, 0.29) is 19.1 Å². The average Bonchev–Trinajstić information content (AvgIpc) is 2.87. The molecule has 0 aromatic carbocycles. The van der Waals surface area contributed by atoms with Crippen molar-refractivity contribution < 1.29 is 19.1 Å². The molecule has 1 aliphatic heterocycles. The van der Waals surface area contributed by atoms with Crippen LogP contribution < -0.4 is 0 Å². The minimum absolute atomic E-state index is 0.104. The molecule has 1 aliphatic rings. The largest absolute Gasteiger partial charge is 0.468 e. The van der Waals surface area contributed by atoms with E-state index < -0.39 is 11.4 Å². The molecule has 1 aromatic rings. The summed E-state index contributed by atoms with van der Waals surface area (Å²) in [6, 6.07) is 1.96. The van der Waals surface area contributed by atoms with Gasteiger partial charge in [-0.1, -0.05) is 0 Å². The van der Waals surface area contributed by atoms with Gasteiger partial charge in [0.2, 0.25) is 5.91 Å². The third-order valence-electron chi connectivity index (χ3n) is 3.43. The molecule has 2 heterocycles. The fourth-order valence-corrected chi connectivity index (χ4v) is 2.11. The molecule has 0 radical (unpaired) electrons. The Kier molecular flexibility index (Phi) is 3.90. The molecule has 6 heteroatoms. The monoisotopic (exact) mass is 266 g/mol. The van der Waals surface area contributed by atoms with Gasteiger partial charge in [-0.25, -0.2) is 0 Å². The molecule has 104 valence electrons. The van der Waals surface area contributed by atoms with E-state index in [4.69, 9.17) is 9.47 Å². The number of H-pyrrole nitrogens is 1. The fourth-order valence-electron chi connectivity index (χ4n) is 2.11. The van der Waals surface area contributed by atoms with Crippen LogP contribution in [0.3, 0.4) is 0 Å². The van der Waals surface area contributed by atoms with Crippen LogP contribution in [-0.2, 0) is 25.5 Å². The van der Waals surface area contributed by atoms with Gasteiger partial charge in [0.1, 0.15) is 0 Å². The molecule has 1 amide bonds. The van der Waals surface area contributed by atoms with E-state index in [1.54, 1.807) is 11.9 Å². The van der Waals surface area contributed by atoms with Crippen molar-refractivity contribution in [2.75, 3.05) is 33.9 Å². The van der Waals surface area contributed by atoms with Gasteiger partial charge in [-0.3, -0.25) is 9.59 Å². The summed E-state index contributed by atoms with van der Waals surface area (Å²) < 4.78 is 9.74. The van der Waals surface area contributed by atoms with Crippen LogP contribution in [0.4, 0.5) is 0 Å². The molecule has 19 heavy (non-hydrogen) atoms. The van der Waals surface area contributed by atoms with Crippen molar-refractivity contribution in [3.63, 3.8) is 0 Å². The molecule has 0 spiro atoms. The number of nitrogens with one attached hydrogen (secondary N) is 1. The lowest BCUT2D eigenvalue weighted by molar-refractivity contribution is -0.192. The van der Waals surface area contributed by atoms with Crippen molar-refractivity contribution in [2.24, 2.45) is 5.41 Å². The highest BCUT2D eigenvalue weighted by Crippen LogP contribution is 2.31. The Hall–Kier alpha value is -1.82. The maximum Gasteiger partial charge on any atom is 0.326 e. The van der Waals surface area contributed by atoms with Crippen molar-refractivity contribution in [1.82, 2.24) is 9.88 Å². The number of ether oxygens (including phenoxy) is 2. The molecule has 0 saturated carbocycles. The van der Waals surface area contributed by atoms with E-state index in [1.165, 1.54) is 7.11 Å². The first-order valence-corrected chi connectivity index (χ1v) is 6.13. The Morgan fingerprint density at radius 3 is 2.74 bits per heavy atom. The molecule has 1 aromatic heterocycles. The van der Waals surface area contributed by atoms with E-state index in [1.807, 2.05) is 18.5 Å². The van der Waals surface area contributed by atoms with Crippen molar-refractivity contribution >= 4 is 11.9 Å². The number of esters is 1. The lowest BCUT2D eigenvalue weighted by Crippen LogP contribution is -2.59. The molecule has 6 nitrogen and oxygen atoms in total. The Morgan fingerprint density at radius 2 is 2.26 bits per heavy atom. The van der Waals surface area contributed by atoms with E-state index in [2.05, 4.69) is 4.98 Å². The van der Waals surface area contributed by atoms with E-state index in [9.17, 15) is 9.59 Å². The van der Waals surface area contributed by atoms with Crippen molar-refractivity contribution in [1.29, 1.82) is 0 Å². The van der Waals surface area contributed by atoms with Gasteiger partial charge in [0.05, 0.1) is 20.3 Å². The number of carbonyl (C=O) groups is 2. The highest BCUT2D eigenvalue weighted by atomic mass is 16.5. The molecule has 2 rings (SSSR count). The second kappa shape index (κ2) is 5.44. The summed E-state index contributed by atoms with van der Waals surface area (Å²) >= 11 is 0. The van der Waals surface area contributed by atoms with Crippen molar-refractivity contribution in [3.8, 4) is 0 Å². The number of hydrogen-bond donors (Lipinski definition) is 1. The van der Waals surface area contributed by atoms with Crippen LogP contribution in [0.5, 0.6) is 0 Å². The Labute approximate surface area is 111 Å². The number of aromatic amines is 1. The summed E-state index contributed by atoms with van der Waals surface area (Å²) in [5.41, 5.74) is -0.0154. The minimum atomic E-state index is -1.14. The molecule has 0 bridgehead atoms. The third-order valence-corrected chi connectivity index (χ3v) is 3.43. The summed E-state index contributed by atoms with van der Waals surface area (Å²) in [6.45, 7) is 0.759. The molecule has 0 aliphatic carbocycles. The van der Waals surface area contributed by atoms with Gasteiger partial charge in [0, 0.05) is 26.0 Å². The lowest BCUT2D eigenvalue weighted by atomic mass is 9.84. The fraction of sp³-hybridized carbons (Fsp3) is 0.538. The molecule has 1 N–H and O–H groups in total. The van der Waals surface area contributed by atoms with Crippen molar-refractivity contribution in [3.05, 3.63) is 24.0 Å². The quantitative estimate of drug-likeness (QED) is 0.610. The van der Waals surface area contributed by atoms with Gasteiger partial charge >= 0.3 is 5.97 Å². The Balaban J connectivity index is 1.96. The van der Waals surface area contributed by atoms with E-state index in [0.717, 1.165) is 12.0 Å². The standard InChI is InChI=1S/C13H18N2O4/c1-15(6-4-10-3-5-14-7-10)11(16)13(8-19-9-13)12(17)18-2/h3,5,7,14H,4,6,8-9H2,1-2H3. The lowest BCUT2D eigenvalue weighted by Gasteiger charge is -2.39. The number of likely N-dealkylation sites (N-methyl/N-ethyl adjacent to an activating group) is 1. The zero-order valence-corrected chi connectivity index (χ0v) is 11.1. The third kappa shape index (κ3) is 2.49. The number of carbonyl (C=O) groups excluding carboxylic acids is 2. The number of hydrogen-bond acceptors (Lipinski definition) is 4. The molecular weight excluding hydrogens is 248 g/mol. The number of methoxy groups -OCH3 is 1. The summed E-state index contributed by atoms with van der Waals surface area (Å²) in [4.78, 5) is 28.6. The maximum absolute atomic E-state index is 12.3. The van der Waals surface area contributed by atoms with Crippen LogP contribution in [0.25, 0.3) is 0 Å². The van der Waals surface area contributed by atoms with Crippen LogP contribution in [0.1, 0.15) is 5.56 Å². The first-order chi connectivity index (χ1) is 9.10. The molecule has 0 unspecified atom stereocenters. The predicted molar refractivity (Wildman–Crippen MR) is 67.4 cm³/mol. The average molecular weight is 266 g/mol. The number of nitrogens with zero attached hydrogens (tertiary/aromatic N) is 1. The summed E-state index contributed by atoms with van der Waals surface area (Å²) in [7, 11) is 2.98. The van der Waals surface area contributed by atoms with Crippen molar-refractivity contribution in [2.45, 2.75) is 6.42 Å². The normalized spacial score (nSPS) is 16.5. The number of rotatable bonds is 5. The maximum atomic E-state index is 12.3. The second-order valence-electron chi connectivity index (χ2n) is 4.76. The number of aromatic nitrogens is 1. The number of amides is 1. The molecule has 1 fully saturated rings. The van der Waals surface area contributed by atoms with Gasteiger partial charge in [0.15, 0.2) is 5.41 Å². The first-order valence-electron chi connectivity index (χ1n) is 6.13. The van der Waals surface area contributed by atoms with E-state index in [0.29, 0.717) is 6.54 Å². The minimum Gasteiger partial charge on any atom is -0.468 e. The zero-order valence-electron chi connectivity index (χ0n) is 11.1. The van der Waals surface area contributed by atoms with Gasteiger partial charge in [0.25, 0.3) is 0 Å². The smallest absolute Gasteiger partial charge is 0.326 e. The zero-order chi connectivity index (χ0) is 13.9. The topological polar surface area (TPSA) is 71.6 Å². The highest BCUT2D eigenvalue weighted by molar-refractivity contribution is 6.03. The molecular formula is C13H18N2O4. The summed E-state index contributed by atoms with van der Waals surface area (Å²) in [5.74, 6) is -0.751. The van der Waals surface area contributed by atoms with Gasteiger partial charge < -0.3 is 19.4 Å². The predicted octanol–water partition coefficient (Wildman–Crippen LogP) is 0.205. The van der Waals surface area contributed by atoms with Gasteiger partial charge in [-0.05, 0) is 18.1 Å². The highest BCUT2D eigenvalue weighted by Gasteiger charge is 2.55. The second-order valence-corrected chi connectivity index (χ2v) is 4.76. The van der Waals surface area contributed by atoms with Crippen LogP contribution in [0, 0.1) is 5.41 Å². The van der Waals surface area contributed by atoms with Crippen LogP contribution in [0.15, 0.2) is 18.5 Å². The van der Waals surface area contributed by atoms with Crippen LogP contribution in [0.2, 0.25) is 0 Å². The molecule has 0 atom stereocenters. The van der Waals surface area contributed by atoms with Crippen LogP contribution in [-0.4, -0.2) is 55.7 Å². The van der Waals surface area contributed by atoms with E-state index >= 15 is 0 Å². The molecule has 1 saturated heterocycles.